The predicted molar refractivity (Wildman–Crippen MR) is 123 cm³/mol. The molecule has 0 bridgehead atoms. The third kappa shape index (κ3) is 6.20. The van der Waals surface area contributed by atoms with E-state index in [9.17, 15) is 19.7 Å². The molecule has 3 aromatic rings. The Labute approximate surface area is 197 Å². The third-order valence-electron chi connectivity index (χ3n) is 4.21. The van der Waals surface area contributed by atoms with Gasteiger partial charge < -0.3 is 19.5 Å². The highest BCUT2D eigenvalue weighted by atomic mass is 32.2. The Morgan fingerprint density at radius 2 is 1.97 bits per heavy atom. The lowest BCUT2D eigenvalue weighted by atomic mass is 10.2. The number of hydrogen-bond acceptors (Lipinski definition) is 10. The summed E-state index contributed by atoms with van der Waals surface area (Å²) in [5.41, 5.74) is 0.884. The lowest BCUT2D eigenvalue weighted by Gasteiger charge is -2.12. The Hall–Kier alpha value is -3.64. The molecule has 1 amide bonds. The van der Waals surface area contributed by atoms with Crippen molar-refractivity contribution in [2.75, 3.05) is 26.1 Å². The van der Waals surface area contributed by atoms with Crippen molar-refractivity contribution in [3.8, 4) is 11.5 Å². The van der Waals surface area contributed by atoms with Crippen LogP contribution in [-0.2, 0) is 9.53 Å². The Balaban J connectivity index is 1.73. The smallest absolute Gasteiger partial charge is 0.340 e. The Morgan fingerprint density at radius 3 is 2.61 bits per heavy atom. The molecule has 10 nitrogen and oxygen atoms in total. The highest BCUT2D eigenvalue weighted by molar-refractivity contribution is 8.01. The quantitative estimate of drug-likeness (QED) is 0.265. The number of aryl methyl sites for hydroxylation is 1. The van der Waals surface area contributed by atoms with Gasteiger partial charge in [-0.25, -0.2) is 9.78 Å². The number of aromatic nitrogens is 1. The van der Waals surface area contributed by atoms with Gasteiger partial charge >= 0.3 is 5.97 Å². The summed E-state index contributed by atoms with van der Waals surface area (Å²) >= 11 is 2.57. The van der Waals surface area contributed by atoms with Gasteiger partial charge in [0.2, 0.25) is 0 Å². The number of nitro benzene ring substituents is 1. The van der Waals surface area contributed by atoms with E-state index in [1.165, 1.54) is 49.5 Å². The molecule has 0 fully saturated rings. The molecule has 0 unspecified atom stereocenters. The summed E-state index contributed by atoms with van der Waals surface area (Å²) in [6.45, 7) is 1.24. The second kappa shape index (κ2) is 10.8. The van der Waals surface area contributed by atoms with Gasteiger partial charge in [-0.2, -0.15) is 0 Å². The lowest BCUT2D eigenvalue weighted by molar-refractivity contribution is -0.384. The van der Waals surface area contributed by atoms with E-state index in [0.717, 1.165) is 11.8 Å². The fourth-order valence-corrected chi connectivity index (χ4v) is 4.54. The van der Waals surface area contributed by atoms with Gasteiger partial charge in [-0.15, -0.1) is 11.3 Å². The number of methoxy groups -OCH3 is 2. The monoisotopic (exact) mass is 489 g/mol. The van der Waals surface area contributed by atoms with Crippen molar-refractivity contribution < 1.29 is 28.7 Å². The molecule has 172 valence electrons. The fraction of sp³-hybridized carbons (Fsp3) is 0.190. The third-order valence-corrected chi connectivity index (χ3v) is 6.34. The molecule has 0 radical (unpaired) electrons. The number of nitrogens with one attached hydrogen (secondary N) is 1. The zero-order valence-corrected chi connectivity index (χ0v) is 19.5. The molecule has 0 aliphatic rings. The lowest BCUT2D eigenvalue weighted by Crippen LogP contribution is -2.21. The summed E-state index contributed by atoms with van der Waals surface area (Å²) in [6, 6.07) is 8.69. The van der Waals surface area contributed by atoms with Crippen LogP contribution in [0.2, 0.25) is 0 Å². The first-order valence-electron chi connectivity index (χ1n) is 9.38. The molecular formula is C21H19N3O7S2. The minimum Gasteiger partial charge on any atom is -0.497 e. The van der Waals surface area contributed by atoms with Crippen LogP contribution in [0.5, 0.6) is 11.5 Å². The van der Waals surface area contributed by atoms with E-state index < -0.39 is 23.4 Å². The van der Waals surface area contributed by atoms with E-state index in [-0.39, 0.29) is 11.3 Å². The number of rotatable bonds is 9. The van der Waals surface area contributed by atoms with Crippen LogP contribution in [0.15, 0.2) is 51.0 Å². The Kier molecular flexibility index (Phi) is 7.85. The SMILES string of the molecule is COc1ccc(NC(=O)COC(=O)c2cc([N+](=O)[O-])ccc2Sc2nc(C)cs2)c(OC)c1. The molecule has 1 heterocycles. The number of thiazole rings is 1. The number of ether oxygens (including phenoxy) is 3. The first-order chi connectivity index (χ1) is 15.8. The minimum atomic E-state index is -0.869. The number of nitro groups is 1. The van der Waals surface area contributed by atoms with Crippen LogP contribution in [-0.4, -0.2) is 42.6 Å². The largest absolute Gasteiger partial charge is 0.497 e. The van der Waals surface area contributed by atoms with Crippen LogP contribution < -0.4 is 14.8 Å². The van der Waals surface area contributed by atoms with E-state index in [2.05, 4.69) is 10.3 Å². The van der Waals surface area contributed by atoms with Gasteiger partial charge in [0.05, 0.1) is 30.4 Å². The highest BCUT2D eigenvalue weighted by Crippen LogP contribution is 2.35. The van der Waals surface area contributed by atoms with Gasteiger partial charge in [0, 0.05) is 34.2 Å². The zero-order chi connectivity index (χ0) is 24.0. The number of carbonyl (C=O) groups excluding carboxylic acids is 2. The Bertz CT molecular complexity index is 1200. The average Bonchev–Trinajstić information content (AvgIpc) is 3.22. The van der Waals surface area contributed by atoms with E-state index in [4.69, 9.17) is 14.2 Å². The molecule has 1 N–H and O–H groups in total. The topological polar surface area (TPSA) is 130 Å². The summed E-state index contributed by atoms with van der Waals surface area (Å²) in [6.07, 6.45) is 0. The molecule has 0 aliphatic carbocycles. The number of amides is 1. The molecule has 0 saturated carbocycles. The van der Waals surface area contributed by atoms with E-state index >= 15 is 0 Å². The molecule has 3 rings (SSSR count). The summed E-state index contributed by atoms with van der Waals surface area (Å²) in [7, 11) is 2.94. The van der Waals surface area contributed by atoms with E-state index in [1.807, 2.05) is 12.3 Å². The number of benzene rings is 2. The first-order valence-corrected chi connectivity index (χ1v) is 11.1. The van der Waals surface area contributed by atoms with Gasteiger partial charge in [-0.3, -0.25) is 14.9 Å². The van der Waals surface area contributed by atoms with Crippen molar-refractivity contribution >= 4 is 46.3 Å². The number of hydrogen-bond donors (Lipinski definition) is 1. The minimum absolute atomic E-state index is 0.0307. The van der Waals surface area contributed by atoms with Gasteiger partial charge in [-0.1, -0.05) is 11.8 Å². The summed E-state index contributed by atoms with van der Waals surface area (Å²) in [5, 5.41) is 15.6. The maximum Gasteiger partial charge on any atom is 0.340 e. The normalized spacial score (nSPS) is 10.4. The Morgan fingerprint density at radius 1 is 1.18 bits per heavy atom. The number of non-ortho nitro benzene ring substituents is 1. The first kappa shape index (κ1) is 24.0. The fourth-order valence-electron chi connectivity index (χ4n) is 2.65. The second-order valence-corrected chi connectivity index (χ2v) is 8.63. The molecule has 33 heavy (non-hydrogen) atoms. The van der Waals surface area contributed by atoms with Crippen molar-refractivity contribution in [2.45, 2.75) is 16.2 Å². The number of carbonyl (C=O) groups is 2. The van der Waals surface area contributed by atoms with Crippen LogP contribution in [0.4, 0.5) is 11.4 Å². The van der Waals surface area contributed by atoms with Crippen LogP contribution in [0.3, 0.4) is 0 Å². The van der Waals surface area contributed by atoms with Gasteiger partial charge in [0.1, 0.15) is 11.5 Å². The van der Waals surface area contributed by atoms with Crippen LogP contribution in [0.1, 0.15) is 16.1 Å². The number of esters is 1. The van der Waals surface area contributed by atoms with Crippen molar-refractivity contribution in [3.05, 3.63) is 63.1 Å². The maximum atomic E-state index is 12.7. The molecule has 1 aromatic heterocycles. The molecule has 0 atom stereocenters. The molecular weight excluding hydrogens is 470 g/mol. The highest BCUT2D eigenvalue weighted by Gasteiger charge is 2.21. The van der Waals surface area contributed by atoms with Gasteiger partial charge in [0.15, 0.2) is 10.9 Å². The van der Waals surface area contributed by atoms with Crippen molar-refractivity contribution in [3.63, 3.8) is 0 Å². The average molecular weight is 490 g/mol. The van der Waals surface area contributed by atoms with Crippen molar-refractivity contribution in [1.82, 2.24) is 4.98 Å². The maximum absolute atomic E-state index is 12.7. The van der Waals surface area contributed by atoms with Crippen LogP contribution in [0.25, 0.3) is 0 Å². The summed E-state index contributed by atoms with van der Waals surface area (Å²) < 4.78 is 16.1. The summed E-state index contributed by atoms with van der Waals surface area (Å²) in [4.78, 5) is 40.3. The van der Waals surface area contributed by atoms with E-state index in [0.29, 0.717) is 26.4 Å². The zero-order valence-electron chi connectivity index (χ0n) is 17.8. The molecule has 0 saturated heterocycles. The van der Waals surface area contributed by atoms with E-state index in [1.54, 1.807) is 18.2 Å². The van der Waals surface area contributed by atoms with Crippen LogP contribution in [0, 0.1) is 17.0 Å². The molecule has 12 heteroatoms. The molecule has 0 spiro atoms. The standard InChI is InChI=1S/C21H19N3O7S2/c1-12-11-32-21(22-12)33-18-7-4-13(24(27)28)8-15(18)20(26)31-10-19(25)23-16-6-5-14(29-2)9-17(16)30-3/h4-9,11H,10H2,1-3H3,(H,23,25). The molecule has 0 aliphatic heterocycles. The number of nitrogens with zero attached hydrogens (tertiary/aromatic N) is 2. The second-order valence-electron chi connectivity index (χ2n) is 6.48. The van der Waals surface area contributed by atoms with Gasteiger partial charge in [-0.05, 0) is 25.1 Å². The van der Waals surface area contributed by atoms with Crippen LogP contribution >= 0.6 is 23.1 Å². The summed E-state index contributed by atoms with van der Waals surface area (Å²) in [5.74, 6) is -0.569. The van der Waals surface area contributed by atoms with Gasteiger partial charge in [0.25, 0.3) is 11.6 Å². The van der Waals surface area contributed by atoms with Crippen molar-refractivity contribution in [2.24, 2.45) is 0 Å². The predicted octanol–water partition coefficient (Wildman–Crippen LogP) is 4.32. The number of anilines is 1. The van der Waals surface area contributed by atoms with Crippen molar-refractivity contribution in [1.29, 1.82) is 0 Å². The molecule has 2 aromatic carbocycles.